The topological polar surface area (TPSA) is 51.2 Å². The first-order valence-electron chi connectivity index (χ1n) is 4.16. The van der Waals surface area contributed by atoms with Gasteiger partial charge in [-0.3, -0.25) is 5.84 Å². The van der Waals surface area contributed by atoms with Crippen LogP contribution in [0.2, 0.25) is 10.2 Å². The van der Waals surface area contributed by atoms with Gasteiger partial charge in [0.05, 0.1) is 17.3 Å². The van der Waals surface area contributed by atoms with Crippen LogP contribution in [-0.4, -0.2) is 0 Å². The highest BCUT2D eigenvalue weighted by molar-refractivity contribution is 7.10. The van der Waals surface area contributed by atoms with E-state index >= 15 is 0 Å². The molecule has 0 aliphatic heterocycles. The molecule has 0 bridgehead atoms. The Balaban J connectivity index is 2.41. The standard InChI is InChI=1S/C9H8Cl2N2OS/c10-6-2-4-15-8(6)7(13-12)5-1-3-14-9(5)11/h1-4,7,13H,12H2. The Hall–Kier alpha value is -0.520. The third-order valence-corrected chi connectivity index (χ3v) is 3.76. The zero-order chi connectivity index (χ0) is 10.8. The summed E-state index contributed by atoms with van der Waals surface area (Å²) in [6, 6.07) is 3.35. The normalized spacial score (nSPS) is 13.0. The van der Waals surface area contributed by atoms with Crippen molar-refractivity contribution in [2.24, 2.45) is 5.84 Å². The zero-order valence-electron chi connectivity index (χ0n) is 7.54. The molecule has 0 amide bonds. The van der Waals surface area contributed by atoms with E-state index in [0.717, 1.165) is 10.4 Å². The minimum Gasteiger partial charge on any atom is -0.453 e. The molecule has 0 saturated heterocycles. The molecule has 2 heterocycles. The number of hydrazine groups is 1. The molecule has 0 radical (unpaired) electrons. The summed E-state index contributed by atoms with van der Waals surface area (Å²) in [5, 5.41) is 2.89. The fourth-order valence-corrected chi connectivity index (χ4v) is 2.79. The van der Waals surface area contributed by atoms with E-state index in [0.29, 0.717) is 10.2 Å². The first-order chi connectivity index (χ1) is 7.24. The summed E-state index contributed by atoms with van der Waals surface area (Å²) < 4.78 is 5.02. The van der Waals surface area contributed by atoms with E-state index in [9.17, 15) is 0 Å². The molecule has 0 aromatic carbocycles. The predicted molar refractivity (Wildman–Crippen MR) is 62.2 cm³/mol. The fraction of sp³-hybridized carbons (Fsp3) is 0.111. The quantitative estimate of drug-likeness (QED) is 0.660. The second kappa shape index (κ2) is 4.55. The average Bonchev–Trinajstić information content (AvgIpc) is 2.80. The summed E-state index contributed by atoms with van der Waals surface area (Å²) in [5.41, 5.74) is 3.45. The number of hydrogen-bond donors (Lipinski definition) is 2. The van der Waals surface area contributed by atoms with Crippen LogP contribution in [0.15, 0.2) is 28.2 Å². The highest BCUT2D eigenvalue weighted by atomic mass is 35.5. The Morgan fingerprint density at radius 1 is 1.40 bits per heavy atom. The van der Waals surface area contributed by atoms with E-state index in [4.69, 9.17) is 33.5 Å². The van der Waals surface area contributed by atoms with Gasteiger partial charge in [-0.25, -0.2) is 5.43 Å². The maximum Gasteiger partial charge on any atom is 0.198 e. The van der Waals surface area contributed by atoms with Crippen molar-refractivity contribution in [3.63, 3.8) is 0 Å². The SMILES string of the molecule is NNC(c1ccoc1Cl)c1sccc1Cl. The smallest absolute Gasteiger partial charge is 0.198 e. The molecule has 3 N–H and O–H groups in total. The van der Waals surface area contributed by atoms with Crippen molar-refractivity contribution in [3.05, 3.63) is 44.5 Å². The molecule has 2 aromatic heterocycles. The van der Waals surface area contributed by atoms with Gasteiger partial charge in [0, 0.05) is 10.4 Å². The Morgan fingerprint density at radius 3 is 2.67 bits per heavy atom. The fourth-order valence-electron chi connectivity index (χ4n) is 1.33. The molecule has 0 fully saturated rings. The van der Waals surface area contributed by atoms with Crippen molar-refractivity contribution in [1.29, 1.82) is 0 Å². The van der Waals surface area contributed by atoms with Crippen LogP contribution in [-0.2, 0) is 0 Å². The van der Waals surface area contributed by atoms with E-state index < -0.39 is 0 Å². The highest BCUT2D eigenvalue weighted by Crippen LogP contribution is 2.35. The zero-order valence-corrected chi connectivity index (χ0v) is 9.86. The minimum atomic E-state index is -0.233. The molecule has 3 nitrogen and oxygen atoms in total. The summed E-state index contributed by atoms with van der Waals surface area (Å²) in [5.74, 6) is 5.49. The van der Waals surface area contributed by atoms with Gasteiger partial charge in [0.1, 0.15) is 0 Å². The molecular formula is C9H8Cl2N2OS. The van der Waals surface area contributed by atoms with Crippen LogP contribution in [0.1, 0.15) is 16.5 Å². The number of halogens is 2. The number of rotatable bonds is 3. The van der Waals surface area contributed by atoms with Crippen LogP contribution in [0.4, 0.5) is 0 Å². The monoisotopic (exact) mass is 262 g/mol. The molecule has 2 aromatic rings. The number of nitrogens with two attached hydrogens (primary N) is 1. The summed E-state index contributed by atoms with van der Waals surface area (Å²) in [7, 11) is 0. The van der Waals surface area contributed by atoms with Crippen molar-refractivity contribution in [1.82, 2.24) is 5.43 Å². The van der Waals surface area contributed by atoms with Gasteiger partial charge in [-0.05, 0) is 29.1 Å². The van der Waals surface area contributed by atoms with Gasteiger partial charge in [-0.15, -0.1) is 11.3 Å². The summed E-state index contributed by atoms with van der Waals surface area (Å²) in [6.45, 7) is 0. The summed E-state index contributed by atoms with van der Waals surface area (Å²) >= 11 is 13.4. The molecule has 6 heteroatoms. The van der Waals surface area contributed by atoms with Crippen molar-refractivity contribution in [3.8, 4) is 0 Å². The van der Waals surface area contributed by atoms with Crippen LogP contribution in [0.25, 0.3) is 0 Å². The third kappa shape index (κ3) is 2.04. The van der Waals surface area contributed by atoms with E-state index in [1.165, 1.54) is 17.6 Å². The molecule has 80 valence electrons. The lowest BCUT2D eigenvalue weighted by atomic mass is 10.1. The molecule has 1 atom stereocenters. The lowest BCUT2D eigenvalue weighted by Gasteiger charge is -2.13. The second-order valence-corrected chi connectivity index (χ2v) is 4.58. The van der Waals surface area contributed by atoms with Crippen molar-refractivity contribution in [2.45, 2.75) is 6.04 Å². The summed E-state index contributed by atoms with van der Waals surface area (Å²) in [6.07, 6.45) is 1.52. The molecule has 2 rings (SSSR count). The summed E-state index contributed by atoms with van der Waals surface area (Å²) in [4.78, 5) is 0.919. The molecule has 0 aliphatic carbocycles. The van der Waals surface area contributed by atoms with Crippen molar-refractivity contribution < 1.29 is 4.42 Å². The maximum absolute atomic E-state index is 6.02. The van der Waals surface area contributed by atoms with Crippen molar-refractivity contribution >= 4 is 34.5 Å². The lowest BCUT2D eigenvalue weighted by Crippen LogP contribution is -2.28. The highest BCUT2D eigenvalue weighted by Gasteiger charge is 2.21. The molecule has 15 heavy (non-hydrogen) atoms. The van der Waals surface area contributed by atoms with E-state index in [1.807, 2.05) is 11.4 Å². The Kier molecular flexibility index (Phi) is 3.33. The third-order valence-electron chi connectivity index (χ3n) is 2.03. The molecular weight excluding hydrogens is 255 g/mol. The molecule has 0 spiro atoms. The van der Waals surface area contributed by atoms with Crippen LogP contribution >= 0.6 is 34.5 Å². The van der Waals surface area contributed by atoms with E-state index in [-0.39, 0.29) is 6.04 Å². The van der Waals surface area contributed by atoms with E-state index in [1.54, 1.807) is 6.07 Å². The van der Waals surface area contributed by atoms with Gasteiger partial charge in [-0.2, -0.15) is 0 Å². The number of nitrogens with one attached hydrogen (secondary N) is 1. The second-order valence-electron chi connectivity index (χ2n) is 2.88. The Bertz CT molecular complexity index is 414. The lowest BCUT2D eigenvalue weighted by molar-refractivity contribution is 0.556. The van der Waals surface area contributed by atoms with Gasteiger partial charge in [0.15, 0.2) is 5.22 Å². The van der Waals surface area contributed by atoms with Crippen LogP contribution in [0.3, 0.4) is 0 Å². The number of furan rings is 1. The van der Waals surface area contributed by atoms with Gasteiger partial charge in [0.25, 0.3) is 0 Å². The first kappa shape index (κ1) is 11.0. The molecule has 0 saturated carbocycles. The Labute approximate surface area is 101 Å². The molecule has 1 unspecified atom stereocenters. The number of hydrogen-bond acceptors (Lipinski definition) is 4. The van der Waals surface area contributed by atoms with Gasteiger partial charge < -0.3 is 4.42 Å². The van der Waals surface area contributed by atoms with Crippen LogP contribution < -0.4 is 11.3 Å². The average molecular weight is 263 g/mol. The first-order valence-corrected chi connectivity index (χ1v) is 5.79. The Morgan fingerprint density at radius 2 is 2.20 bits per heavy atom. The predicted octanol–water partition coefficient (Wildman–Crippen LogP) is 3.20. The van der Waals surface area contributed by atoms with E-state index in [2.05, 4.69) is 5.43 Å². The van der Waals surface area contributed by atoms with Crippen LogP contribution in [0, 0.1) is 0 Å². The largest absolute Gasteiger partial charge is 0.453 e. The molecule has 0 aliphatic rings. The minimum absolute atomic E-state index is 0.233. The number of thiophene rings is 1. The van der Waals surface area contributed by atoms with Gasteiger partial charge in [-0.1, -0.05) is 11.6 Å². The van der Waals surface area contributed by atoms with Crippen LogP contribution in [0.5, 0.6) is 0 Å². The van der Waals surface area contributed by atoms with Gasteiger partial charge >= 0.3 is 0 Å². The van der Waals surface area contributed by atoms with Gasteiger partial charge in [0.2, 0.25) is 0 Å². The van der Waals surface area contributed by atoms with Crippen molar-refractivity contribution in [2.75, 3.05) is 0 Å². The maximum atomic E-state index is 6.02.